The van der Waals surface area contributed by atoms with Crippen LogP contribution in [0.3, 0.4) is 0 Å². The van der Waals surface area contributed by atoms with E-state index in [2.05, 4.69) is 25.2 Å². The van der Waals surface area contributed by atoms with Crippen molar-refractivity contribution in [2.24, 2.45) is 0 Å². The number of nitrogens with zero attached hydrogens (tertiary/aromatic N) is 8. The number of fused-ring (bicyclic) bond motifs is 2. The van der Waals surface area contributed by atoms with E-state index < -0.39 is 5.97 Å². The summed E-state index contributed by atoms with van der Waals surface area (Å²) in [4.78, 5) is 25.7. The van der Waals surface area contributed by atoms with Gasteiger partial charge < -0.3 is 14.7 Å². The Morgan fingerprint density at radius 3 is 2.93 bits per heavy atom. The standard InChI is InChI=1S/C16H14N8O3/c25-16(26)11-10-23(24-15-12(19-20-24)2-1-4-17-15)22-5-3-13(18-14(11)22)21-6-8-27-9-7-21/h1-5,10H,6-9H2/p+1. The molecule has 0 radical (unpaired) electrons. The van der Waals surface area contributed by atoms with E-state index in [1.165, 1.54) is 15.8 Å². The summed E-state index contributed by atoms with van der Waals surface area (Å²) in [6, 6.07) is 5.39. The summed E-state index contributed by atoms with van der Waals surface area (Å²) >= 11 is 0. The van der Waals surface area contributed by atoms with Gasteiger partial charge >= 0.3 is 11.6 Å². The largest absolute Gasteiger partial charge is 0.477 e. The summed E-state index contributed by atoms with van der Waals surface area (Å²) in [7, 11) is 0. The quantitative estimate of drug-likeness (QED) is 0.487. The van der Waals surface area contributed by atoms with Crippen molar-refractivity contribution in [2.45, 2.75) is 0 Å². The number of aromatic carboxylic acids is 1. The van der Waals surface area contributed by atoms with Crippen LogP contribution in [0.25, 0.3) is 16.8 Å². The van der Waals surface area contributed by atoms with Crippen molar-refractivity contribution in [1.82, 2.24) is 29.9 Å². The fourth-order valence-electron chi connectivity index (χ4n) is 3.15. The van der Waals surface area contributed by atoms with Crippen LogP contribution in [0.2, 0.25) is 0 Å². The molecule has 0 aliphatic carbocycles. The first-order valence-electron chi connectivity index (χ1n) is 8.39. The molecule has 0 atom stereocenters. The van der Waals surface area contributed by atoms with Crippen LogP contribution < -0.4 is 9.42 Å². The number of carboxylic acids is 1. The van der Waals surface area contributed by atoms with Gasteiger partial charge in [-0.3, -0.25) is 0 Å². The zero-order chi connectivity index (χ0) is 18.4. The molecule has 1 N–H and O–H groups in total. The van der Waals surface area contributed by atoms with E-state index in [1.807, 2.05) is 6.07 Å². The van der Waals surface area contributed by atoms with Crippen molar-refractivity contribution in [1.29, 1.82) is 0 Å². The van der Waals surface area contributed by atoms with E-state index in [1.54, 1.807) is 29.0 Å². The van der Waals surface area contributed by atoms with Gasteiger partial charge in [0, 0.05) is 30.6 Å². The molecule has 0 unspecified atom stereocenters. The summed E-state index contributed by atoms with van der Waals surface area (Å²) in [6.45, 7) is 2.67. The molecule has 5 rings (SSSR count). The van der Waals surface area contributed by atoms with Gasteiger partial charge in [-0.15, -0.1) is 9.61 Å². The van der Waals surface area contributed by atoms with Gasteiger partial charge in [0.1, 0.15) is 0 Å². The number of morpholine rings is 1. The summed E-state index contributed by atoms with van der Waals surface area (Å²) in [5.41, 5.74) is 1.49. The van der Waals surface area contributed by atoms with Crippen LogP contribution in [0.1, 0.15) is 10.4 Å². The van der Waals surface area contributed by atoms with Crippen molar-refractivity contribution in [3.8, 4) is 0 Å². The summed E-state index contributed by atoms with van der Waals surface area (Å²) in [5.74, 6) is -0.365. The Hall–Kier alpha value is -3.60. The van der Waals surface area contributed by atoms with Crippen LogP contribution in [-0.4, -0.2) is 67.2 Å². The molecule has 1 aliphatic rings. The van der Waals surface area contributed by atoms with Gasteiger partial charge in [0.2, 0.25) is 5.82 Å². The third-order valence-corrected chi connectivity index (χ3v) is 4.46. The molecular formula is C16H15N8O3+. The number of carboxylic acid groups (broad SMARTS) is 1. The minimum Gasteiger partial charge on any atom is -0.477 e. The lowest BCUT2D eigenvalue weighted by atomic mass is 10.3. The lowest BCUT2D eigenvalue weighted by Gasteiger charge is -2.25. The van der Waals surface area contributed by atoms with E-state index in [0.29, 0.717) is 48.9 Å². The predicted octanol–water partition coefficient (Wildman–Crippen LogP) is -0.392. The van der Waals surface area contributed by atoms with Crippen molar-refractivity contribution >= 4 is 28.6 Å². The SMILES string of the molecule is O=C(O)c1cn(-n2nnc3cccnc32)[n+]2ccc(N3CCOCC3)nc12. The number of hydrogen-bond donors (Lipinski definition) is 1. The zero-order valence-electron chi connectivity index (χ0n) is 14.1. The second-order valence-corrected chi connectivity index (χ2v) is 6.05. The van der Waals surface area contributed by atoms with Gasteiger partial charge in [0.25, 0.3) is 5.65 Å². The Balaban J connectivity index is 1.70. The Bertz CT molecular complexity index is 1160. The third-order valence-electron chi connectivity index (χ3n) is 4.46. The molecule has 4 aromatic heterocycles. The molecule has 11 heteroatoms. The first-order valence-corrected chi connectivity index (χ1v) is 8.39. The van der Waals surface area contributed by atoms with E-state index >= 15 is 0 Å². The van der Waals surface area contributed by atoms with Gasteiger partial charge in [0.05, 0.1) is 25.6 Å². The second-order valence-electron chi connectivity index (χ2n) is 6.05. The number of pyridine rings is 1. The Morgan fingerprint density at radius 1 is 1.26 bits per heavy atom. The second kappa shape index (κ2) is 5.99. The first-order chi connectivity index (χ1) is 13.2. The van der Waals surface area contributed by atoms with E-state index in [-0.39, 0.29) is 5.56 Å². The highest BCUT2D eigenvalue weighted by Gasteiger charge is 2.26. The highest BCUT2D eigenvalue weighted by molar-refractivity contribution is 5.93. The average molecular weight is 367 g/mol. The molecule has 5 heterocycles. The topological polar surface area (TPSA) is 115 Å². The molecule has 27 heavy (non-hydrogen) atoms. The number of ether oxygens (including phenoxy) is 1. The lowest BCUT2D eigenvalue weighted by molar-refractivity contribution is -0.617. The predicted molar refractivity (Wildman–Crippen MR) is 91.5 cm³/mol. The molecular weight excluding hydrogens is 352 g/mol. The smallest absolute Gasteiger partial charge is 0.344 e. The molecule has 1 saturated heterocycles. The van der Waals surface area contributed by atoms with Crippen LogP contribution in [-0.2, 0) is 4.74 Å². The maximum atomic E-state index is 11.8. The molecule has 0 spiro atoms. The molecule has 1 aliphatic heterocycles. The monoisotopic (exact) mass is 367 g/mol. The van der Waals surface area contributed by atoms with E-state index in [0.717, 1.165) is 0 Å². The Kier molecular flexibility index (Phi) is 3.47. The minimum absolute atomic E-state index is 0.0599. The molecule has 0 saturated carbocycles. The Labute approximate surface area is 152 Å². The zero-order valence-corrected chi connectivity index (χ0v) is 14.1. The molecule has 136 valence electrons. The van der Waals surface area contributed by atoms with E-state index in [4.69, 9.17) is 4.74 Å². The number of hydrogen-bond acceptors (Lipinski definition) is 7. The highest BCUT2D eigenvalue weighted by atomic mass is 16.5. The minimum atomic E-state index is -1.07. The maximum absolute atomic E-state index is 11.8. The fourth-order valence-corrected chi connectivity index (χ4v) is 3.15. The number of anilines is 1. The van der Waals surface area contributed by atoms with Crippen LogP contribution in [0.15, 0.2) is 36.8 Å². The van der Waals surface area contributed by atoms with Gasteiger partial charge in [-0.1, -0.05) is 9.77 Å². The van der Waals surface area contributed by atoms with Crippen LogP contribution >= 0.6 is 0 Å². The first kappa shape index (κ1) is 15.6. The number of carbonyl (C=O) groups is 1. The van der Waals surface area contributed by atoms with E-state index in [9.17, 15) is 9.90 Å². The Morgan fingerprint density at radius 2 is 2.11 bits per heavy atom. The average Bonchev–Trinajstić information content (AvgIpc) is 3.29. The van der Waals surface area contributed by atoms with Crippen molar-refractivity contribution in [3.05, 3.63) is 42.4 Å². The summed E-state index contributed by atoms with van der Waals surface area (Å²) in [5, 5.41) is 17.8. The molecule has 0 bridgehead atoms. The molecule has 11 nitrogen and oxygen atoms in total. The number of aromatic nitrogens is 7. The van der Waals surface area contributed by atoms with Crippen LogP contribution in [0, 0.1) is 0 Å². The molecule has 1 fully saturated rings. The van der Waals surface area contributed by atoms with Crippen LogP contribution in [0.4, 0.5) is 5.82 Å². The summed E-state index contributed by atoms with van der Waals surface area (Å²) < 4.78 is 6.97. The third kappa shape index (κ3) is 2.47. The van der Waals surface area contributed by atoms with Crippen molar-refractivity contribution < 1.29 is 19.2 Å². The van der Waals surface area contributed by atoms with Gasteiger partial charge in [-0.05, 0) is 16.9 Å². The molecule has 0 amide bonds. The normalized spacial score (nSPS) is 14.9. The molecule has 0 aromatic carbocycles. The van der Waals surface area contributed by atoms with Crippen molar-refractivity contribution in [2.75, 3.05) is 31.2 Å². The fraction of sp³-hybridized carbons (Fsp3) is 0.250. The maximum Gasteiger partial charge on any atom is 0.344 e. The van der Waals surface area contributed by atoms with Gasteiger partial charge in [0.15, 0.2) is 11.1 Å². The lowest BCUT2D eigenvalue weighted by Crippen LogP contribution is -2.40. The number of rotatable bonds is 3. The van der Waals surface area contributed by atoms with Gasteiger partial charge in [-0.2, -0.15) is 0 Å². The summed E-state index contributed by atoms with van der Waals surface area (Å²) in [6.07, 6.45) is 4.85. The van der Waals surface area contributed by atoms with Crippen molar-refractivity contribution in [3.63, 3.8) is 0 Å². The highest BCUT2D eigenvalue weighted by Crippen LogP contribution is 2.15. The molecule has 4 aromatic rings. The van der Waals surface area contributed by atoms with Crippen LogP contribution in [0.5, 0.6) is 0 Å². The van der Waals surface area contributed by atoms with Gasteiger partial charge in [-0.25, -0.2) is 9.78 Å².